The van der Waals surface area contributed by atoms with Crippen molar-refractivity contribution in [3.8, 4) is 0 Å². The molecular weight excluding hydrogens is 254 g/mol. The molecule has 0 unspecified atom stereocenters. The lowest BCUT2D eigenvalue weighted by molar-refractivity contribution is -0.123. The third-order valence-corrected chi connectivity index (χ3v) is 3.03. The van der Waals surface area contributed by atoms with E-state index in [9.17, 15) is 9.59 Å². The first kappa shape index (κ1) is 14.5. The van der Waals surface area contributed by atoms with Crippen molar-refractivity contribution >= 4 is 23.4 Å². The van der Waals surface area contributed by atoms with Crippen LogP contribution < -0.4 is 16.8 Å². The molecule has 0 aromatic heterocycles. The quantitative estimate of drug-likeness (QED) is 0.737. The maximum atomic E-state index is 11.1. The van der Waals surface area contributed by atoms with Crippen LogP contribution in [0.15, 0.2) is 18.2 Å². The molecular formula is C12H16ClN3O2. The first-order valence-electron chi connectivity index (χ1n) is 5.37. The van der Waals surface area contributed by atoms with Gasteiger partial charge in [0, 0.05) is 17.1 Å². The van der Waals surface area contributed by atoms with Crippen LogP contribution in [-0.2, 0) is 11.3 Å². The molecule has 1 aromatic carbocycles. The van der Waals surface area contributed by atoms with Crippen LogP contribution >= 0.6 is 11.6 Å². The third-order valence-electron chi connectivity index (χ3n) is 2.67. The molecule has 0 bridgehead atoms. The lowest BCUT2D eigenvalue weighted by atomic mass is 10.0. The van der Waals surface area contributed by atoms with Crippen LogP contribution in [0, 0.1) is 0 Å². The van der Waals surface area contributed by atoms with Gasteiger partial charge in [-0.2, -0.15) is 0 Å². The van der Waals surface area contributed by atoms with E-state index in [-0.39, 0.29) is 0 Å². The van der Waals surface area contributed by atoms with Gasteiger partial charge in [-0.15, -0.1) is 0 Å². The second kappa shape index (κ2) is 5.37. The number of primary amides is 2. The van der Waals surface area contributed by atoms with E-state index >= 15 is 0 Å². The standard InChI is InChI=1S/C12H16ClN3O2/c1-12(2,11(15)18)16-6-8-4-3-7(10(14)17)5-9(8)13/h3-5,16H,6H2,1-2H3,(H2,14,17)(H2,15,18). The average molecular weight is 270 g/mol. The number of hydrogen-bond donors (Lipinski definition) is 3. The van der Waals surface area contributed by atoms with Crippen LogP contribution in [0.2, 0.25) is 5.02 Å². The van der Waals surface area contributed by atoms with E-state index in [4.69, 9.17) is 23.1 Å². The van der Waals surface area contributed by atoms with E-state index < -0.39 is 17.4 Å². The molecule has 0 atom stereocenters. The lowest BCUT2D eigenvalue weighted by Crippen LogP contribution is -2.50. The monoisotopic (exact) mass is 269 g/mol. The van der Waals surface area contributed by atoms with Crippen molar-refractivity contribution in [2.75, 3.05) is 0 Å². The molecule has 2 amide bonds. The number of carbonyl (C=O) groups excluding carboxylic acids is 2. The lowest BCUT2D eigenvalue weighted by Gasteiger charge is -2.22. The van der Waals surface area contributed by atoms with E-state index in [2.05, 4.69) is 5.32 Å². The van der Waals surface area contributed by atoms with Crippen LogP contribution in [0.3, 0.4) is 0 Å². The topological polar surface area (TPSA) is 98.2 Å². The van der Waals surface area contributed by atoms with Gasteiger partial charge >= 0.3 is 0 Å². The molecule has 0 aliphatic rings. The Morgan fingerprint density at radius 1 is 1.33 bits per heavy atom. The highest BCUT2D eigenvalue weighted by Gasteiger charge is 2.23. The van der Waals surface area contributed by atoms with E-state index in [1.807, 2.05) is 0 Å². The van der Waals surface area contributed by atoms with E-state index in [0.717, 1.165) is 5.56 Å². The van der Waals surface area contributed by atoms with E-state index in [0.29, 0.717) is 17.1 Å². The molecule has 0 saturated carbocycles. The summed E-state index contributed by atoms with van der Waals surface area (Å²) < 4.78 is 0. The predicted molar refractivity (Wildman–Crippen MR) is 70.1 cm³/mol. The van der Waals surface area contributed by atoms with Crippen molar-refractivity contribution in [1.82, 2.24) is 5.32 Å². The summed E-state index contributed by atoms with van der Waals surface area (Å²) in [7, 11) is 0. The molecule has 98 valence electrons. The summed E-state index contributed by atoms with van der Waals surface area (Å²) in [6.07, 6.45) is 0. The fourth-order valence-corrected chi connectivity index (χ4v) is 1.49. The maximum absolute atomic E-state index is 11.1. The first-order chi connectivity index (χ1) is 8.24. The Kier molecular flexibility index (Phi) is 4.32. The molecule has 6 heteroatoms. The van der Waals surface area contributed by atoms with Gasteiger partial charge in [-0.3, -0.25) is 14.9 Å². The minimum absolute atomic E-state index is 0.345. The van der Waals surface area contributed by atoms with Gasteiger partial charge in [-0.1, -0.05) is 17.7 Å². The Morgan fingerprint density at radius 3 is 2.39 bits per heavy atom. The van der Waals surface area contributed by atoms with Gasteiger partial charge in [0.05, 0.1) is 5.54 Å². The summed E-state index contributed by atoms with van der Waals surface area (Å²) >= 11 is 6.02. The van der Waals surface area contributed by atoms with Gasteiger partial charge in [0.25, 0.3) is 0 Å². The molecule has 0 fully saturated rings. The molecule has 0 radical (unpaired) electrons. The smallest absolute Gasteiger partial charge is 0.248 e. The second-order valence-electron chi connectivity index (χ2n) is 4.51. The molecule has 0 saturated heterocycles. The van der Waals surface area contributed by atoms with Crippen molar-refractivity contribution in [3.63, 3.8) is 0 Å². The number of nitrogens with two attached hydrogens (primary N) is 2. The molecule has 1 rings (SSSR count). The van der Waals surface area contributed by atoms with Crippen molar-refractivity contribution < 1.29 is 9.59 Å². The third kappa shape index (κ3) is 3.45. The fraction of sp³-hybridized carbons (Fsp3) is 0.333. The summed E-state index contributed by atoms with van der Waals surface area (Å²) in [6.45, 7) is 3.73. The van der Waals surface area contributed by atoms with Gasteiger partial charge in [0.2, 0.25) is 11.8 Å². The number of amides is 2. The van der Waals surface area contributed by atoms with Gasteiger partial charge in [0.15, 0.2) is 0 Å². The number of rotatable bonds is 5. The van der Waals surface area contributed by atoms with Crippen molar-refractivity contribution in [3.05, 3.63) is 34.3 Å². The fourth-order valence-electron chi connectivity index (χ4n) is 1.25. The Bertz CT molecular complexity index is 486. The molecule has 1 aromatic rings. The van der Waals surface area contributed by atoms with E-state index in [1.165, 1.54) is 6.07 Å². The number of carbonyl (C=O) groups is 2. The van der Waals surface area contributed by atoms with Gasteiger partial charge in [-0.25, -0.2) is 0 Å². The zero-order chi connectivity index (χ0) is 13.9. The molecule has 0 aliphatic heterocycles. The van der Waals surface area contributed by atoms with Crippen molar-refractivity contribution in [2.45, 2.75) is 25.9 Å². The molecule has 0 spiro atoms. The molecule has 0 aliphatic carbocycles. The minimum atomic E-state index is -0.828. The van der Waals surface area contributed by atoms with Crippen LogP contribution in [0.1, 0.15) is 29.8 Å². The summed E-state index contributed by atoms with van der Waals surface area (Å²) in [4.78, 5) is 22.1. The maximum Gasteiger partial charge on any atom is 0.248 e. The number of hydrogen-bond acceptors (Lipinski definition) is 3. The SMILES string of the molecule is CC(C)(NCc1ccc(C(N)=O)cc1Cl)C(N)=O. The van der Waals surface area contributed by atoms with Crippen LogP contribution in [0.4, 0.5) is 0 Å². The Labute approximate surface area is 110 Å². The Balaban J connectivity index is 2.81. The summed E-state index contributed by atoms with van der Waals surface area (Å²) in [5, 5.41) is 3.40. The zero-order valence-electron chi connectivity index (χ0n) is 10.3. The summed E-state index contributed by atoms with van der Waals surface area (Å²) in [5.41, 5.74) is 10.7. The van der Waals surface area contributed by atoms with E-state index in [1.54, 1.807) is 26.0 Å². The minimum Gasteiger partial charge on any atom is -0.368 e. The normalized spacial score (nSPS) is 11.3. The van der Waals surface area contributed by atoms with Crippen LogP contribution in [0.25, 0.3) is 0 Å². The Hall–Kier alpha value is -1.59. The first-order valence-corrected chi connectivity index (χ1v) is 5.75. The van der Waals surface area contributed by atoms with Gasteiger partial charge in [-0.05, 0) is 31.5 Å². The number of halogens is 1. The highest BCUT2D eigenvalue weighted by atomic mass is 35.5. The predicted octanol–water partition coefficient (Wildman–Crippen LogP) is 0.792. The molecule has 0 heterocycles. The summed E-state index contributed by atoms with van der Waals surface area (Å²) in [6, 6.07) is 4.77. The van der Waals surface area contributed by atoms with Crippen molar-refractivity contribution in [1.29, 1.82) is 0 Å². The molecule has 18 heavy (non-hydrogen) atoms. The van der Waals surface area contributed by atoms with Gasteiger partial charge < -0.3 is 11.5 Å². The van der Waals surface area contributed by atoms with Gasteiger partial charge in [0.1, 0.15) is 0 Å². The summed E-state index contributed by atoms with van der Waals surface area (Å²) in [5.74, 6) is -0.985. The Morgan fingerprint density at radius 2 is 1.94 bits per heavy atom. The largest absolute Gasteiger partial charge is 0.368 e. The number of benzene rings is 1. The zero-order valence-corrected chi connectivity index (χ0v) is 11.0. The number of nitrogens with one attached hydrogen (secondary N) is 1. The average Bonchev–Trinajstić information content (AvgIpc) is 2.26. The molecule has 5 N–H and O–H groups in total. The second-order valence-corrected chi connectivity index (χ2v) is 4.92. The van der Waals surface area contributed by atoms with Crippen LogP contribution in [-0.4, -0.2) is 17.4 Å². The molecule has 5 nitrogen and oxygen atoms in total. The highest BCUT2D eigenvalue weighted by Crippen LogP contribution is 2.18. The van der Waals surface area contributed by atoms with Crippen LogP contribution in [0.5, 0.6) is 0 Å². The van der Waals surface area contributed by atoms with Crippen molar-refractivity contribution in [2.24, 2.45) is 11.5 Å². The highest BCUT2D eigenvalue weighted by molar-refractivity contribution is 6.31.